The maximum atomic E-state index is 12.4. The molecule has 0 aromatic heterocycles. The molecular weight excluding hydrogens is 402 g/mol. The molecule has 31 heavy (non-hydrogen) atoms. The number of aryl methyl sites for hydroxylation is 1. The van der Waals surface area contributed by atoms with Crippen LogP contribution < -0.4 is 9.47 Å². The van der Waals surface area contributed by atoms with Crippen LogP contribution in [0.4, 0.5) is 0 Å². The molecular formula is C23H23NO7. The Bertz CT molecular complexity index is 1040. The fourth-order valence-electron chi connectivity index (χ4n) is 3.30. The molecule has 0 fully saturated rings. The monoisotopic (exact) mass is 425 g/mol. The van der Waals surface area contributed by atoms with Gasteiger partial charge in [0.2, 0.25) is 0 Å². The number of carbonyl (C=O) groups is 4. The highest BCUT2D eigenvalue weighted by atomic mass is 16.5. The van der Waals surface area contributed by atoms with Crippen molar-refractivity contribution in [3.05, 3.63) is 58.7 Å². The van der Waals surface area contributed by atoms with Crippen LogP contribution in [0.15, 0.2) is 36.4 Å². The topological polar surface area (TPSA) is 99.2 Å². The number of imide groups is 1. The Hall–Kier alpha value is -3.68. The van der Waals surface area contributed by atoms with Gasteiger partial charge < -0.3 is 14.2 Å². The summed E-state index contributed by atoms with van der Waals surface area (Å²) in [5, 5.41) is 0. The minimum atomic E-state index is -0.582. The maximum Gasteiger partial charge on any atom is 0.306 e. The number of hydrogen-bond acceptors (Lipinski definition) is 7. The third-order valence-corrected chi connectivity index (χ3v) is 4.96. The van der Waals surface area contributed by atoms with Gasteiger partial charge in [-0.2, -0.15) is 0 Å². The predicted octanol–water partition coefficient (Wildman–Crippen LogP) is 2.81. The number of rotatable bonds is 9. The molecule has 0 unspecified atom stereocenters. The van der Waals surface area contributed by atoms with Gasteiger partial charge >= 0.3 is 5.97 Å². The summed E-state index contributed by atoms with van der Waals surface area (Å²) in [5.41, 5.74) is 1.98. The lowest BCUT2D eigenvalue weighted by atomic mass is 10.1. The van der Waals surface area contributed by atoms with Crippen molar-refractivity contribution in [1.29, 1.82) is 0 Å². The largest absolute Gasteiger partial charge is 0.493 e. The molecule has 0 saturated carbocycles. The van der Waals surface area contributed by atoms with Gasteiger partial charge in [-0.1, -0.05) is 11.6 Å². The third-order valence-electron chi connectivity index (χ3n) is 4.96. The van der Waals surface area contributed by atoms with Crippen molar-refractivity contribution >= 4 is 23.6 Å². The predicted molar refractivity (Wildman–Crippen MR) is 111 cm³/mol. The number of benzene rings is 2. The van der Waals surface area contributed by atoms with Gasteiger partial charge in [0.1, 0.15) is 0 Å². The van der Waals surface area contributed by atoms with E-state index in [1.807, 2.05) is 6.92 Å². The summed E-state index contributed by atoms with van der Waals surface area (Å²) in [6, 6.07) is 9.76. The third kappa shape index (κ3) is 4.74. The number of amides is 2. The molecule has 0 N–H and O–H groups in total. The van der Waals surface area contributed by atoms with Crippen molar-refractivity contribution in [1.82, 2.24) is 4.90 Å². The first kappa shape index (κ1) is 22.0. The Morgan fingerprint density at radius 2 is 1.61 bits per heavy atom. The number of ketones is 1. The van der Waals surface area contributed by atoms with Crippen LogP contribution in [-0.4, -0.2) is 55.8 Å². The van der Waals surface area contributed by atoms with Crippen molar-refractivity contribution in [2.24, 2.45) is 0 Å². The minimum Gasteiger partial charge on any atom is -0.493 e. The van der Waals surface area contributed by atoms with E-state index in [1.54, 1.807) is 30.3 Å². The lowest BCUT2D eigenvalue weighted by molar-refractivity contribution is -0.142. The summed E-state index contributed by atoms with van der Waals surface area (Å²) in [5.74, 6) is -0.806. The molecule has 1 heterocycles. The zero-order chi connectivity index (χ0) is 22.5. The van der Waals surface area contributed by atoms with Crippen LogP contribution in [0.2, 0.25) is 0 Å². The van der Waals surface area contributed by atoms with Crippen molar-refractivity contribution in [3.8, 4) is 11.5 Å². The Kier molecular flexibility index (Phi) is 6.69. The molecule has 2 aromatic rings. The first-order valence-electron chi connectivity index (χ1n) is 9.73. The number of Topliss-reactive ketones (excluding diaryl/α,β-unsaturated/α-hetero) is 1. The van der Waals surface area contributed by atoms with E-state index < -0.39 is 12.6 Å². The number of hydrogen-bond donors (Lipinski definition) is 0. The fraction of sp³-hybridized carbons (Fsp3) is 0.304. The molecule has 0 spiro atoms. The van der Waals surface area contributed by atoms with Crippen LogP contribution in [-0.2, 0) is 9.53 Å². The highest BCUT2D eigenvalue weighted by Gasteiger charge is 2.35. The SMILES string of the molecule is COc1ccc(C(=O)COC(=O)CCCN2C(=O)c3ccc(C)cc3C2=O)cc1OC. The van der Waals surface area contributed by atoms with Crippen LogP contribution in [0, 0.1) is 6.92 Å². The number of methoxy groups -OCH3 is 2. The second-order valence-corrected chi connectivity index (χ2v) is 7.07. The number of carbonyl (C=O) groups excluding carboxylic acids is 4. The van der Waals surface area contributed by atoms with Crippen LogP contribution >= 0.6 is 0 Å². The van der Waals surface area contributed by atoms with Crippen molar-refractivity contribution < 1.29 is 33.4 Å². The lowest BCUT2D eigenvalue weighted by Gasteiger charge is -2.13. The molecule has 0 aliphatic carbocycles. The zero-order valence-electron chi connectivity index (χ0n) is 17.6. The normalized spacial score (nSPS) is 12.5. The Balaban J connectivity index is 1.47. The van der Waals surface area contributed by atoms with Crippen LogP contribution in [0.25, 0.3) is 0 Å². The molecule has 162 valence electrons. The quantitative estimate of drug-likeness (QED) is 0.346. The maximum absolute atomic E-state index is 12.4. The molecule has 2 aromatic carbocycles. The molecule has 0 saturated heterocycles. The smallest absolute Gasteiger partial charge is 0.306 e. The molecule has 1 aliphatic rings. The van der Waals surface area contributed by atoms with E-state index in [1.165, 1.54) is 20.3 Å². The van der Waals surface area contributed by atoms with Gasteiger partial charge in [-0.15, -0.1) is 0 Å². The van der Waals surface area contributed by atoms with Gasteiger partial charge in [0.25, 0.3) is 11.8 Å². The van der Waals surface area contributed by atoms with Crippen molar-refractivity contribution in [2.75, 3.05) is 27.4 Å². The van der Waals surface area contributed by atoms with Crippen LogP contribution in [0.1, 0.15) is 49.5 Å². The second-order valence-electron chi connectivity index (χ2n) is 7.07. The molecule has 8 heteroatoms. The van der Waals surface area contributed by atoms with E-state index in [0.717, 1.165) is 10.5 Å². The highest BCUT2D eigenvalue weighted by molar-refractivity contribution is 6.21. The van der Waals surface area contributed by atoms with E-state index in [2.05, 4.69) is 0 Å². The summed E-state index contributed by atoms with van der Waals surface area (Å²) in [7, 11) is 2.95. The highest BCUT2D eigenvalue weighted by Crippen LogP contribution is 2.28. The van der Waals surface area contributed by atoms with E-state index >= 15 is 0 Å². The van der Waals surface area contributed by atoms with E-state index in [9.17, 15) is 19.2 Å². The van der Waals surface area contributed by atoms with E-state index in [4.69, 9.17) is 14.2 Å². The average Bonchev–Trinajstić information content (AvgIpc) is 3.01. The number of fused-ring (bicyclic) bond motifs is 1. The van der Waals surface area contributed by atoms with E-state index in [-0.39, 0.29) is 37.0 Å². The number of nitrogens with zero attached hydrogens (tertiary/aromatic N) is 1. The van der Waals surface area contributed by atoms with Gasteiger partial charge in [-0.05, 0) is 43.7 Å². The number of esters is 1. The van der Waals surface area contributed by atoms with Crippen LogP contribution in [0.5, 0.6) is 11.5 Å². The zero-order valence-corrected chi connectivity index (χ0v) is 17.6. The summed E-state index contributed by atoms with van der Waals surface area (Å²) in [4.78, 5) is 50.2. The van der Waals surface area contributed by atoms with Crippen molar-refractivity contribution in [2.45, 2.75) is 19.8 Å². The lowest BCUT2D eigenvalue weighted by Crippen LogP contribution is -2.31. The Labute approximate surface area is 179 Å². The summed E-state index contributed by atoms with van der Waals surface area (Å²) in [6.07, 6.45) is 0.222. The van der Waals surface area contributed by atoms with Gasteiger partial charge in [0.05, 0.1) is 25.3 Å². The first-order valence-corrected chi connectivity index (χ1v) is 9.73. The molecule has 0 bridgehead atoms. The molecule has 8 nitrogen and oxygen atoms in total. The first-order chi connectivity index (χ1) is 14.8. The van der Waals surface area contributed by atoms with Gasteiger partial charge in [0, 0.05) is 18.5 Å². The van der Waals surface area contributed by atoms with Gasteiger partial charge in [0.15, 0.2) is 23.9 Å². The molecule has 2 amide bonds. The summed E-state index contributed by atoms with van der Waals surface area (Å²) >= 11 is 0. The second kappa shape index (κ2) is 9.42. The molecule has 3 rings (SSSR count). The average molecular weight is 425 g/mol. The van der Waals surface area contributed by atoms with Crippen molar-refractivity contribution in [3.63, 3.8) is 0 Å². The fourth-order valence-corrected chi connectivity index (χ4v) is 3.30. The van der Waals surface area contributed by atoms with E-state index in [0.29, 0.717) is 28.2 Å². The molecule has 0 atom stereocenters. The number of ether oxygens (including phenoxy) is 3. The van der Waals surface area contributed by atoms with Gasteiger partial charge in [-0.3, -0.25) is 24.1 Å². The van der Waals surface area contributed by atoms with Crippen LogP contribution in [0.3, 0.4) is 0 Å². The molecule has 0 radical (unpaired) electrons. The summed E-state index contributed by atoms with van der Waals surface area (Å²) in [6.45, 7) is 1.53. The minimum absolute atomic E-state index is 0.0222. The summed E-state index contributed by atoms with van der Waals surface area (Å²) < 4.78 is 15.3. The van der Waals surface area contributed by atoms with Gasteiger partial charge in [-0.25, -0.2) is 0 Å². The Morgan fingerprint density at radius 3 is 2.32 bits per heavy atom. The Morgan fingerprint density at radius 1 is 0.903 bits per heavy atom. The standard InChI is InChI=1S/C23H23NO7/c1-14-6-8-16-17(11-14)23(28)24(22(16)27)10-4-5-21(26)31-13-18(25)15-7-9-19(29-2)20(12-15)30-3/h6-9,11-12H,4-5,10,13H2,1-3H3. The molecule has 1 aliphatic heterocycles.